The fraction of sp³-hybridized carbons (Fsp3) is 0.812. The average Bonchev–Trinajstić information content (AvgIpc) is 2.78. The van der Waals surface area contributed by atoms with E-state index in [0.717, 1.165) is 31.2 Å². The van der Waals surface area contributed by atoms with Gasteiger partial charge in [-0.2, -0.15) is 5.10 Å². The van der Waals surface area contributed by atoms with Crippen molar-refractivity contribution in [2.45, 2.75) is 71.1 Å². The van der Waals surface area contributed by atoms with Crippen LogP contribution in [0.2, 0.25) is 0 Å². The zero-order valence-corrected chi connectivity index (χ0v) is 13.3. The molecule has 3 rings (SSSR count). The smallest absolute Gasteiger partial charge is 0.0641 e. The van der Waals surface area contributed by atoms with Crippen LogP contribution in [0.3, 0.4) is 0 Å². The van der Waals surface area contributed by atoms with Gasteiger partial charge >= 0.3 is 0 Å². The lowest BCUT2D eigenvalue weighted by atomic mass is 9.96. The molecule has 4 nitrogen and oxygen atoms in total. The number of nitrogens with zero attached hydrogens (tertiary/aromatic N) is 3. The summed E-state index contributed by atoms with van der Waals surface area (Å²) in [6.07, 6.45) is 5.40. The minimum absolute atomic E-state index is 0.741. The maximum atomic E-state index is 4.57. The highest BCUT2D eigenvalue weighted by Gasteiger charge is 2.40. The minimum Gasteiger partial charge on any atom is -0.314 e. The Morgan fingerprint density at radius 1 is 1.20 bits per heavy atom. The summed E-state index contributed by atoms with van der Waals surface area (Å²) in [4.78, 5) is 2.75. The molecule has 2 bridgehead atoms. The van der Waals surface area contributed by atoms with Crippen molar-refractivity contribution in [2.75, 3.05) is 6.54 Å². The number of hydrogen-bond acceptors (Lipinski definition) is 3. The Bertz CT molecular complexity index is 465. The Labute approximate surface area is 122 Å². The van der Waals surface area contributed by atoms with Gasteiger partial charge in [-0.05, 0) is 46.1 Å². The molecule has 0 spiro atoms. The number of rotatable bonds is 4. The molecule has 1 aromatic rings. The van der Waals surface area contributed by atoms with Crippen LogP contribution < -0.4 is 5.32 Å². The van der Waals surface area contributed by atoms with Gasteiger partial charge in [-0.25, -0.2) is 0 Å². The fourth-order valence-electron chi connectivity index (χ4n) is 4.22. The third kappa shape index (κ3) is 2.40. The van der Waals surface area contributed by atoms with Gasteiger partial charge in [0.2, 0.25) is 0 Å². The summed E-state index contributed by atoms with van der Waals surface area (Å²) in [6.45, 7) is 8.76. The highest BCUT2D eigenvalue weighted by atomic mass is 15.3. The predicted octanol–water partition coefficient (Wildman–Crippen LogP) is 2.14. The molecule has 1 aromatic heterocycles. The van der Waals surface area contributed by atoms with Crippen molar-refractivity contribution in [3.8, 4) is 0 Å². The van der Waals surface area contributed by atoms with E-state index in [1.807, 2.05) is 4.68 Å². The molecule has 112 valence electrons. The molecule has 0 radical (unpaired) electrons. The van der Waals surface area contributed by atoms with E-state index in [0.29, 0.717) is 0 Å². The second-order valence-electron chi connectivity index (χ2n) is 6.56. The van der Waals surface area contributed by atoms with Gasteiger partial charge in [-0.1, -0.05) is 6.92 Å². The van der Waals surface area contributed by atoms with Crippen molar-refractivity contribution in [1.29, 1.82) is 0 Å². The van der Waals surface area contributed by atoms with Crippen LogP contribution in [0.15, 0.2) is 0 Å². The van der Waals surface area contributed by atoms with Crippen LogP contribution in [-0.2, 0) is 13.6 Å². The first-order valence-corrected chi connectivity index (χ1v) is 8.08. The van der Waals surface area contributed by atoms with Crippen LogP contribution in [0.5, 0.6) is 0 Å². The molecule has 0 aromatic carbocycles. The first kappa shape index (κ1) is 14.1. The first-order valence-electron chi connectivity index (χ1n) is 8.08. The molecule has 0 amide bonds. The zero-order valence-electron chi connectivity index (χ0n) is 13.3. The number of aromatic nitrogens is 2. The van der Waals surface area contributed by atoms with E-state index < -0.39 is 0 Å². The van der Waals surface area contributed by atoms with Crippen molar-refractivity contribution < 1.29 is 0 Å². The summed E-state index contributed by atoms with van der Waals surface area (Å²) >= 11 is 0. The second-order valence-corrected chi connectivity index (χ2v) is 6.56. The zero-order chi connectivity index (χ0) is 14.3. The van der Waals surface area contributed by atoms with Crippen LogP contribution in [0, 0.1) is 13.8 Å². The average molecular weight is 276 g/mol. The van der Waals surface area contributed by atoms with Gasteiger partial charge in [0, 0.05) is 43.0 Å². The maximum absolute atomic E-state index is 4.57. The summed E-state index contributed by atoms with van der Waals surface area (Å²) < 4.78 is 2.03. The molecule has 2 aliphatic heterocycles. The third-order valence-electron chi connectivity index (χ3n) is 5.38. The number of aryl methyl sites for hydroxylation is 2. The summed E-state index contributed by atoms with van der Waals surface area (Å²) in [7, 11) is 2.05. The predicted molar refractivity (Wildman–Crippen MR) is 81.7 cm³/mol. The van der Waals surface area contributed by atoms with Crippen LogP contribution in [0.1, 0.15) is 49.6 Å². The minimum atomic E-state index is 0.741. The standard InChI is InChI=1S/C16H28N4/c1-5-17-13-8-14-6-7-15(9-13)20(14)10-16-11(2)18-19(4)12(16)3/h13-15,17H,5-10H2,1-4H3. The van der Waals surface area contributed by atoms with Crippen molar-refractivity contribution in [3.63, 3.8) is 0 Å². The molecule has 2 saturated heterocycles. The molecule has 1 N–H and O–H groups in total. The molecule has 0 aliphatic carbocycles. The summed E-state index contributed by atoms with van der Waals surface area (Å²) in [6, 6.07) is 2.29. The van der Waals surface area contributed by atoms with Gasteiger partial charge in [0.25, 0.3) is 0 Å². The van der Waals surface area contributed by atoms with Crippen LogP contribution in [0.4, 0.5) is 0 Å². The molecule has 2 atom stereocenters. The molecular weight excluding hydrogens is 248 g/mol. The maximum Gasteiger partial charge on any atom is 0.0641 e. The summed E-state index contributed by atoms with van der Waals surface area (Å²) in [5, 5.41) is 8.22. The van der Waals surface area contributed by atoms with E-state index in [1.165, 1.54) is 42.6 Å². The molecule has 4 heteroatoms. The van der Waals surface area contributed by atoms with E-state index in [9.17, 15) is 0 Å². The lowest BCUT2D eigenvalue weighted by molar-refractivity contribution is 0.109. The number of piperidine rings is 1. The van der Waals surface area contributed by atoms with Gasteiger partial charge in [0.1, 0.15) is 0 Å². The van der Waals surface area contributed by atoms with Crippen molar-refractivity contribution in [2.24, 2.45) is 7.05 Å². The quantitative estimate of drug-likeness (QED) is 0.914. The Balaban J connectivity index is 1.73. The second kappa shape index (κ2) is 5.49. The monoisotopic (exact) mass is 276 g/mol. The third-order valence-corrected chi connectivity index (χ3v) is 5.38. The summed E-state index contributed by atoms with van der Waals surface area (Å²) in [5.41, 5.74) is 3.99. The molecular formula is C16H28N4. The lowest BCUT2D eigenvalue weighted by Gasteiger charge is -2.39. The van der Waals surface area contributed by atoms with E-state index in [1.54, 1.807) is 0 Å². The molecule has 2 aliphatic rings. The van der Waals surface area contributed by atoms with E-state index in [2.05, 4.69) is 43.1 Å². The number of fused-ring (bicyclic) bond motifs is 2. The van der Waals surface area contributed by atoms with Gasteiger partial charge in [0.05, 0.1) is 5.69 Å². The van der Waals surface area contributed by atoms with Crippen molar-refractivity contribution >= 4 is 0 Å². The van der Waals surface area contributed by atoms with Crippen molar-refractivity contribution in [3.05, 3.63) is 17.0 Å². The first-order chi connectivity index (χ1) is 9.60. The van der Waals surface area contributed by atoms with Gasteiger partial charge < -0.3 is 5.32 Å². The van der Waals surface area contributed by atoms with Gasteiger partial charge in [-0.15, -0.1) is 0 Å². The van der Waals surface area contributed by atoms with E-state index in [4.69, 9.17) is 0 Å². The Morgan fingerprint density at radius 2 is 1.85 bits per heavy atom. The Kier molecular flexibility index (Phi) is 3.87. The van der Waals surface area contributed by atoms with Crippen molar-refractivity contribution in [1.82, 2.24) is 20.0 Å². The molecule has 3 heterocycles. The van der Waals surface area contributed by atoms with Crippen LogP contribution >= 0.6 is 0 Å². The van der Waals surface area contributed by atoms with Crippen LogP contribution in [0.25, 0.3) is 0 Å². The number of hydrogen-bond donors (Lipinski definition) is 1. The van der Waals surface area contributed by atoms with Crippen LogP contribution in [-0.4, -0.2) is 39.4 Å². The Hall–Kier alpha value is -0.870. The SMILES string of the molecule is CCNC1CC2CCC(C1)N2Cc1c(C)nn(C)c1C. The summed E-state index contributed by atoms with van der Waals surface area (Å²) in [5.74, 6) is 0. The Morgan fingerprint density at radius 3 is 2.35 bits per heavy atom. The normalized spacial score (nSPS) is 30.1. The largest absolute Gasteiger partial charge is 0.314 e. The fourth-order valence-corrected chi connectivity index (χ4v) is 4.22. The molecule has 20 heavy (non-hydrogen) atoms. The lowest BCUT2D eigenvalue weighted by Crippen LogP contribution is -2.48. The van der Waals surface area contributed by atoms with E-state index in [-0.39, 0.29) is 0 Å². The highest BCUT2D eigenvalue weighted by molar-refractivity contribution is 5.24. The van der Waals surface area contributed by atoms with Gasteiger partial charge in [0.15, 0.2) is 0 Å². The van der Waals surface area contributed by atoms with E-state index >= 15 is 0 Å². The molecule has 2 unspecified atom stereocenters. The van der Waals surface area contributed by atoms with Gasteiger partial charge in [-0.3, -0.25) is 9.58 Å². The molecule has 2 fully saturated rings. The highest BCUT2D eigenvalue weighted by Crippen LogP contribution is 2.37. The topological polar surface area (TPSA) is 33.1 Å². The molecule has 0 saturated carbocycles. The number of nitrogens with one attached hydrogen (secondary N) is 1.